The monoisotopic (exact) mass is 294 g/mol. The Morgan fingerprint density at radius 1 is 0.550 bits per heavy atom. The molecule has 6 nitrogen and oxygen atoms in total. The third-order valence-corrected chi connectivity index (χ3v) is 3.17. The van der Waals surface area contributed by atoms with Crippen molar-refractivity contribution in [2.24, 2.45) is 0 Å². The van der Waals surface area contributed by atoms with E-state index in [1.807, 2.05) is 0 Å². The second kappa shape index (κ2) is 10.5. The molecule has 0 bridgehead atoms. The predicted octanol–water partition coefficient (Wildman–Crippen LogP) is -3.72. The molecule has 0 aromatic carbocycles. The van der Waals surface area contributed by atoms with Gasteiger partial charge in [0.2, 0.25) is 0 Å². The molecule has 122 valence electrons. The minimum Gasteiger partial charge on any atom is -0.388 e. The van der Waals surface area contributed by atoms with Crippen molar-refractivity contribution in [1.82, 2.24) is 0 Å². The van der Waals surface area contributed by atoms with E-state index < -0.39 is 24.4 Å². The van der Waals surface area contributed by atoms with Crippen LogP contribution in [0.4, 0.5) is 0 Å². The van der Waals surface area contributed by atoms with Crippen molar-refractivity contribution in [3.63, 3.8) is 0 Å². The van der Waals surface area contributed by atoms with Crippen LogP contribution in [-0.4, -0.2) is 84.1 Å². The van der Waals surface area contributed by atoms with Gasteiger partial charge in [-0.05, 0) is 27.7 Å². The standard InChI is InChI=1S/C14H32N2O4/c1-11(17)7-15(8-12(2)18)5-6-16(9-13(3)19)10-14(4)20/h11-14,17-20H,5-10H2,1-4H3/p+2/t11-,12-,13-,14-/m1/s1. The number of nitrogens with one attached hydrogen (secondary N) is 2. The van der Waals surface area contributed by atoms with Gasteiger partial charge in [-0.15, -0.1) is 0 Å². The van der Waals surface area contributed by atoms with Crippen molar-refractivity contribution in [1.29, 1.82) is 0 Å². The van der Waals surface area contributed by atoms with E-state index >= 15 is 0 Å². The fourth-order valence-electron chi connectivity index (χ4n) is 2.60. The van der Waals surface area contributed by atoms with Gasteiger partial charge < -0.3 is 30.2 Å². The van der Waals surface area contributed by atoms with Crippen molar-refractivity contribution in [3.05, 3.63) is 0 Å². The molecule has 6 N–H and O–H groups in total. The molecule has 0 heterocycles. The lowest BCUT2D eigenvalue weighted by Crippen LogP contribution is -3.22. The predicted molar refractivity (Wildman–Crippen MR) is 77.9 cm³/mol. The summed E-state index contributed by atoms with van der Waals surface area (Å²) in [7, 11) is 0. The Labute approximate surface area is 122 Å². The molecule has 0 fully saturated rings. The van der Waals surface area contributed by atoms with E-state index in [2.05, 4.69) is 0 Å². The lowest BCUT2D eigenvalue weighted by atomic mass is 10.2. The summed E-state index contributed by atoms with van der Waals surface area (Å²) in [6.07, 6.45) is -1.61. The summed E-state index contributed by atoms with van der Waals surface area (Å²) in [5, 5.41) is 38.0. The molecule has 0 saturated carbocycles. The Hall–Kier alpha value is -0.240. The number of quaternary nitrogens is 2. The Morgan fingerprint density at radius 3 is 0.900 bits per heavy atom. The smallest absolute Gasteiger partial charge is 0.127 e. The van der Waals surface area contributed by atoms with Crippen LogP contribution in [0.1, 0.15) is 27.7 Å². The van der Waals surface area contributed by atoms with E-state index in [0.29, 0.717) is 26.2 Å². The summed E-state index contributed by atoms with van der Waals surface area (Å²) in [4.78, 5) is 2.28. The first-order valence-corrected chi connectivity index (χ1v) is 7.60. The number of aliphatic hydroxyl groups excluding tert-OH is 4. The van der Waals surface area contributed by atoms with E-state index in [4.69, 9.17) is 0 Å². The van der Waals surface area contributed by atoms with E-state index in [1.54, 1.807) is 27.7 Å². The molecular weight excluding hydrogens is 260 g/mol. The maximum absolute atomic E-state index is 9.50. The number of hydrogen-bond acceptors (Lipinski definition) is 4. The molecule has 0 rings (SSSR count). The van der Waals surface area contributed by atoms with Crippen molar-refractivity contribution >= 4 is 0 Å². The summed E-state index contributed by atoms with van der Waals surface area (Å²) in [6, 6.07) is 0. The summed E-state index contributed by atoms with van der Waals surface area (Å²) < 4.78 is 0. The highest BCUT2D eigenvalue weighted by molar-refractivity contribution is 4.48. The Bertz CT molecular complexity index is 191. The van der Waals surface area contributed by atoms with E-state index in [9.17, 15) is 20.4 Å². The van der Waals surface area contributed by atoms with Crippen LogP contribution in [0.2, 0.25) is 0 Å². The number of aliphatic hydroxyl groups is 4. The van der Waals surface area contributed by atoms with Gasteiger partial charge in [-0.3, -0.25) is 0 Å². The van der Waals surface area contributed by atoms with Crippen LogP contribution in [0.25, 0.3) is 0 Å². The van der Waals surface area contributed by atoms with Gasteiger partial charge in [0.25, 0.3) is 0 Å². The van der Waals surface area contributed by atoms with Gasteiger partial charge in [0.1, 0.15) is 63.7 Å². The van der Waals surface area contributed by atoms with Gasteiger partial charge >= 0.3 is 0 Å². The average molecular weight is 294 g/mol. The molecule has 0 spiro atoms. The van der Waals surface area contributed by atoms with E-state index in [0.717, 1.165) is 22.9 Å². The van der Waals surface area contributed by atoms with Gasteiger partial charge in [0.05, 0.1) is 0 Å². The highest BCUT2D eigenvalue weighted by Gasteiger charge is 2.20. The summed E-state index contributed by atoms with van der Waals surface area (Å²) >= 11 is 0. The van der Waals surface area contributed by atoms with Crippen molar-refractivity contribution in [2.45, 2.75) is 52.1 Å². The molecule has 0 unspecified atom stereocenters. The minimum atomic E-state index is -0.402. The first-order valence-electron chi connectivity index (χ1n) is 7.60. The molecular formula is C14H34N2O4+2. The quantitative estimate of drug-likeness (QED) is 0.237. The molecule has 0 saturated heterocycles. The molecule has 0 radical (unpaired) electrons. The lowest BCUT2D eigenvalue weighted by Gasteiger charge is -2.26. The second-order valence-electron chi connectivity index (χ2n) is 6.21. The zero-order chi connectivity index (χ0) is 15.7. The Balaban J connectivity index is 4.35. The first kappa shape index (κ1) is 19.8. The zero-order valence-electron chi connectivity index (χ0n) is 13.3. The largest absolute Gasteiger partial charge is 0.388 e. The van der Waals surface area contributed by atoms with Gasteiger partial charge in [-0.25, -0.2) is 0 Å². The van der Waals surface area contributed by atoms with Crippen LogP contribution >= 0.6 is 0 Å². The first-order chi connectivity index (χ1) is 9.20. The Kier molecular flexibility index (Phi) is 10.4. The topological polar surface area (TPSA) is 89.8 Å². The van der Waals surface area contributed by atoms with Crippen LogP contribution in [0.3, 0.4) is 0 Å². The maximum Gasteiger partial charge on any atom is 0.127 e. The maximum atomic E-state index is 9.50. The molecule has 4 atom stereocenters. The molecule has 0 aromatic rings. The minimum absolute atomic E-state index is 0.402. The normalized spacial score (nSPS) is 18.3. The summed E-state index contributed by atoms with van der Waals surface area (Å²) in [5.74, 6) is 0. The second-order valence-corrected chi connectivity index (χ2v) is 6.21. The number of hydrogen-bond donors (Lipinski definition) is 6. The molecule has 0 aromatic heterocycles. The highest BCUT2D eigenvalue weighted by Crippen LogP contribution is 1.76. The summed E-state index contributed by atoms with van der Waals surface area (Å²) in [6.45, 7) is 11.0. The Morgan fingerprint density at radius 2 is 0.750 bits per heavy atom. The van der Waals surface area contributed by atoms with Gasteiger partial charge in [-0.2, -0.15) is 0 Å². The van der Waals surface area contributed by atoms with Crippen molar-refractivity contribution < 1.29 is 30.2 Å². The fourth-order valence-corrected chi connectivity index (χ4v) is 2.60. The average Bonchev–Trinajstić information content (AvgIpc) is 2.22. The third-order valence-electron chi connectivity index (χ3n) is 3.17. The SMILES string of the molecule is C[C@@H](O)C[NH+](CC[NH+](C[C@@H](C)O)C[C@@H](C)O)C[C@@H](C)O. The molecule has 0 aliphatic rings. The summed E-state index contributed by atoms with van der Waals surface area (Å²) in [5.41, 5.74) is 0. The lowest BCUT2D eigenvalue weighted by molar-refractivity contribution is -0.962. The number of rotatable bonds is 11. The van der Waals surface area contributed by atoms with Crippen LogP contribution in [-0.2, 0) is 0 Å². The van der Waals surface area contributed by atoms with E-state index in [1.165, 1.54) is 0 Å². The van der Waals surface area contributed by atoms with Crippen LogP contribution in [0, 0.1) is 0 Å². The zero-order valence-corrected chi connectivity index (χ0v) is 13.3. The van der Waals surface area contributed by atoms with Gasteiger partial charge in [0.15, 0.2) is 0 Å². The fraction of sp³-hybridized carbons (Fsp3) is 1.00. The van der Waals surface area contributed by atoms with Crippen LogP contribution < -0.4 is 9.80 Å². The van der Waals surface area contributed by atoms with Crippen molar-refractivity contribution in [3.8, 4) is 0 Å². The van der Waals surface area contributed by atoms with Crippen LogP contribution in [0.15, 0.2) is 0 Å². The molecule has 0 amide bonds. The third kappa shape index (κ3) is 11.6. The molecule has 0 aliphatic heterocycles. The van der Waals surface area contributed by atoms with Crippen LogP contribution in [0.5, 0.6) is 0 Å². The highest BCUT2D eigenvalue weighted by atomic mass is 16.3. The van der Waals surface area contributed by atoms with E-state index in [-0.39, 0.29) is 0 Å². The molecule has 20 heavy (non-hydrogen) atoms. The molecule has 0 aliphatic carbocycles. The molecule has 6 heteroatoms. The van der Waals surface area contributed by atoms with Crippen molar-refractivity contribution in [2.75, 3.05) is 39.3 Å². The van der Waals surface area contributed by atoms with Gasteiger partial charge in [0, 0.05) is 0 Å². The van der Waals surface area contributed by atoms with Gasteiger partial charge in [-0.1, -0.05) is 0 Å².